The Bertz CT molecular complexity index is 412. The fourth-order valence-corrected chi connectivity index (χ4v) is 1.89. The number of rotatable bonds is 4. The second kappa shape index (κ2) is 7.31. The van der Waals surface area contributed by atoms with Gasteiger partial charge in [0.2, 0.25) is 6.29 Å². The average Bonchev–Trinajstić information content (AvgIpc) is 2.41. The van der Waals surface area contributed by atoms with Crippen molar-refractivity contribution in [1.29, 1.82) is 0 Å². The molecular weight excluding hydrogens is 290 g/mol. The molecule has 1 rings (SSSR count). The van der Waals surface area contributed by atoms with Crippen LogP contribution >= 0.6 is 0 Å². The summed E-state index contributed by atoms with van der Waals surface area (Å²) in [5.74, 6) is 2.58. The first kappa shape index (κ1) is 17.3. The SMILES string of the molecule is COC(=O)[C@H]1O[C@@H](ON)[C@H](OC(C)=O)[C@@H](OC(C)=O)[C@@H]1O. The largest absolute Gasteiger partial charge is 0.467 e. The number of aliphatic hydroxyl groups excluding tert-OH is 1. The molecule has 5 atom stereocenters. The first-order valence-corrected chi connectivity index (χ1v) is 5.93. The van der Waals surface area contributed by atoms with Crippen molar-refractivity contribution in [2.45, 2.75) is 44.6 Å². The molecule has 0 saturated carbocycles. The van der Waals surface area contributed by atoms with Gasteiger partial charge in [-0.2, -0.15) is 0 Å². The van der Waals surface area contributed by atoms with Crippen molar-refractivity contribution in [3.8, 4) is 0 Å². The van der Waals surface area contributed by atoms with Gasteiger partial charge in [-0.15, -0.1) is 0 Å². The van der Waals surface area contributed by atoms with Gasteiger partial charge in [-0.3, -0.25) is 14.4 Å². The molecule has 0 amide bonds. The molecule has 10 nitrogen and oxygen atoms in total. The van der Waals surface area contributed by atoms with Gasteiger partial charge in [0.05, 0.1) is 7.11 Å². The zero-order valence-electron chi connectivity index (χ0n) is 11.7. The molecule has 0 aromatic carbocycles. The van der Waals surface area contributed by atoms with Crippen LogP contribution in [0.3, 0.4) is 0 Å². The Kier molecular flexibility index (Phi) is 6.03. The Morgan fingerprint density at radius 3 is 2.05 bits per heavy atom. The molecule has 1 fully saturated rings. The van der Waals surface area contributed by atoms with Crippen LogP contribution in [0.25, 0.3) is 0 Å². The molecule has 1 aliphatic rings. The van der Waals surface area contributed by atoms with E-state index in [1.807, 2.05) is 0 Å². The summed E-state index contributed by atoms with van der Waals surface area (Å²) < 4.78 is 19.3. The standard InChI is InChI=1S/C11H17NO9/c1-4(13)18-7-6(15)8(10(16)17-3)20-11(21-12)9(7)19-5(2)14/h6-9,11,15H,12H2,1-3H3/t6-,7-,8-,9+,11-/m0/s1. The Hall–Kier alpha value is -1.75. The third-order valence-electron chi connectivity index (χ3n) is 2.69. The molecule has 120 valence electrons. The van der Waals surface area contributed by atoms with Gasteiger partial charge in [0.25, 0.3) is 0 Å². The minimum absolute atomic E-state index is 0.744. The van der Waals surface area contributed by atoms with Crippen molar-refractivity contribution in [1.82, 2.24) is 0 Å². The number of esters is 3. The van der Waals surface area contributed by atoms with E-state index in [0.717, 1.165) is 21.0 Å². The molecule has 0 radical (unpaired) electrons. The molecule has 1 saturated heterocycles. The molecule has 0 bridgehead atoms. The van der Waals surface area contributed by atoms with E-state index in [1.54, 1.807) is 0 Å². The zero-order chi connectivity index (χ0) is 16.2. The van der Waals surface area contributed by atoms with Crippen LogP contribution in [0.5, 0.6) is 0 Å². The van der Waals surface area contributed by atoms with Crippen molar-refractivity contribution in [3.63, 3.8) is 0 Å². The van der Waals surface area contributed by atoms with Crippen LogP contribution in [-0.2, 0) is 38.2 Å². The van der Waals surface area contributed by atoms with Gasteiger partial charge in [0, 0.05) is 13.8 Å². The van der Waals surface area contributed by atoms with E-state index in [2.05, 4.69) is 9.57 Å². The lowest BCUT2D eigenvalue weighted by Crippen LogP contribution is -2.63. The van der Waals surface area contributed by atoms with Crippen molar-refractivity contribution >= 4 is 17.9 Å². The first-order valence-electron chi connectivity index (χ1n) is 5.93. The molecule has 21 heavy (non-hydrogen) atoms. The number of methoxy groups -OCH3 is 1. The number of aliphatic hydroxyl groups is 1. The van der Waals surface area contributed by atoms with Crippen LogP contribution in [0.2, 0.25) is 0 Å². The molecular formula is C11H17NO9. The number of nitrogens with two attached hydrogens (primary N) is 1. The maximum Gasteiger partial charge on any atom is 0.338 e. The van der Waals surface area contributed by atoms with E-state index in [-0.39, 0.29) is 0 Å². The molecule has 0 aliphatic carbocycles. The van der Waals surface area contributed by atoms with Crippen LogP contribution in [0, 0.1) is 0 Å². The Labute approximate surface area is 120 Å². The molecule has 0 spiro atoms. The highest BCUT2D eigenvalue weighted by Gasteiger charge is 2.52. The van der Waals surface area contributed by atoms with Gasteiger partial charge in [-0.25, -0.2) is 10.7 Å². The van der Waals surface area contributed by atoms with Crippen LogP contribution in [0.4, 0.5) is 0 Å². The van der Waals surface area contributed by atoms with Crippen LogP contribution in [0.1, 0.15) is 13.8 Å². The van der Waals surface area contributed by atoms with Crippen LogP contribution in [-0.4, -0.2) is 60.8 Å². The maximum absolute atomic E-state index is 11.5. The Morgan fingerprint density at radius 1 is 1.10 bits per heavy atom. The summed E-state index contributed by atoms with van der Waals surface area (Å²) in [4.78, 5) is 38.2. The second-order valence-electron chi connectivity index (χ2n) is 4.22. The van der Waals surface area contributed by atoms with Crippen molar-refractivity contribution in [2.75, 3.05) is 7.11 Å². The lowest BCUT2D eigenvalue weighted by molar-refractivity contribution is -0.301. The van der Waals surface area contributed by atoms with E-state index in [0.29, 0.717) is 0 Å². The summed E-state index contributed by atoms with van der Waals surface area (Å²) >= 11 is 0. The highest BCUT2D eigenvalue weighted by molar-refractivity contribution is 5.76. The minimum Gasteiger partial charge on any atom is -0.467 e. The summed E-state index contributed by atoms with van der Waals surface area (Å²) in [5.41, 5.74) is 0. The monoisotopic (exact) mass is 307 g/mol. The molecule has 0 unspecified atom stereocenters. The normalized spacial score (nSPS) is 32.1. The van der Waals surface area contributed by atoms with Gasteiger partial charge in [0.15, 0.2) is 18.3 Å². The lowest BCUT2D eigenvalue weighted by Gasteiger charge is -2.41. The number of hydrogen-bond acceptors (Lipinski definition) is 10. The van der Waals surface area contributed by atoms with E-state index in [9.17, 15) is 19.5 Å². The van der Waals surface area contributed by atoms with E-state index >= 15 is 0 Å². The molecule has 1 heterocycles. The van der Waals surface area contributed by atoms with E-state index < -0.39 is 48.6 Å². The molecule has 0 aromatic heterocycles. The molecule has 3 N–H and O–H groups in total. The second-order valence-corrected chi connectivity index (χ2v) is 4.22. The Morgan fingerprint density at radius 2 is 1.62 bits per heavy atom. The van der Waals surface area contributed by atoms with Gasteiger partial charge >= 0.3 is 17.9 Å². The first-order chi connectivity index (χ1) is 9.81. The number of ether oxygens (including phenoxy) is 4. The van der Waals surface area contributed by atoms with Gasteiger partial charge < -0.3 is 24.1 Å². The quantitative estimate of drug-likeness (QED) is 0.340. The third-order valence-corrected chi connectivity index (χ3v) is 2.69. The number of hydrogen-bond donors (Lipinski definition) is 2. The van der Waals surface area contributed by atoms with Crippen LogP contribution in [0.15, 0.2) is 0 Å². The van der Waals surface area contributed by atoms with Crippen molar-refractivity contribution in [3.05, 3.63) is 0 Å². The molecule has 10 heteroatoms. The van der Waals surface area contributed by atoms with Gasteiger partial charge in [-0.1, -0.05) is 0 Å². The summed E-state index contributed by atoms with van der Waals surface area (Å²) in [6, 6.07) is 0. The number of carbonyl (C=O) groups excluding carboxylic acids is 3. The van der Waals surface area contributed by atoms with E-state index in [1.165, 1.54) is 0 Å². The summed E-state index contributed by atoms with van der Waals surface area (Å²) in [5, 5.41) is 10.1. The highest BCUT2D eigenvalue weighted by atomic mass is 16.8. The smallest absolute Gasteiger partial charge is 0.338 e. The van der Waals surface area contributed by atoms with Gasteiger partial charge in [0.1, 0.15) is 6.10 Å². The molecule has 1 aliphatic heterocycles. The fraction of sp³-hybridized carbons (Fsp3) is 0.727. The summed E-state index contributed by atoms with van der Waals surface area (Å²) in [6.07, 6.45) is -7.31. The maximum atomic E-state index is 11.5. The topological polar surface area (TPSA) is 144 Å². The van der Waals surface area contributed by atoms with Crippen LogP contribution < -0.4 is 5.90 Å². The third kappa shape index (κ3) is 4.11. The zero-order valence-corrected chi connectivity index (χ0v) is 11.7. The van der Waals surface area contributed by atoms with Crippen molar-refractivity contribution < 1.29 is 43.3 Å². The molecule has 0 aromatic rings. The number of carbonyl (C=O) groups is 3. The average molecular weight is 307 g/mol. The Balaban J connectivity index is 3.07. The van der Waals surface area contributed by atoms with Gasteiger partial charge in [-0.05, 0) is 0 Å². The van der Waals surface area contributed by atoms with E-state index in [4.69, 9.17) is 20.1 Å². The summed E-state index contributed by atoms with van der Waals surface area (Å²) in [7, 11) is 1.08. The predicted octanol–water partition coefficient (Wildman–Crippen LogP) is -2.00. The minimum atomic E-state index is -1.63. The lowest BCUT2D eigenvalue weighted by atomic mass is 9.98. The highest BCUT2D eigenvalue weighted by Crippen LogP contribution is 2.27. The van der Waals surface area contributed by atoms with Crippen molar-refractivity contribution in [2.24, 2.45) is 5.90 Å². The fourth-order valence-electron chi connectivity index (χ4n) is 1.89. The predicted molar refractivity (Wildman–Crippen MR) is 63.1 cm³/mol. The summed E-state index contributed by atoms with van der Waals surface area (Å²) in [6.45, 7) is 2.18.